The Morgan fingerprint density at radius 1 is 1.31 bits per heavy atom. The summed E-state index contributed by atoms with van der Waals surface area (Å²) in [4.78, 5) is 30.9. The molecule has 1 saturated heterocycles. The number of piperidine rings is 1. The molecule has 2 aliphatic heterocycles. The largest absolute Gasteiger partial charge is 0.434 e. The molecule has 3 heterocycles. The molecule has 1 fully saturated rings. The molecule has 0 unspecified atom stereocenters. The maximum Gasteiger partial charge on any atom is 0.387 e. The number of halogens is 3. The van der Waals surface area contributed by atoms with Gasteiger partial charge in [-0.25, -0.2) is 4.99 Å². The van der Waals surface area contributed by atoms with Gasteiger partial charge in [0.1, 0.15) is 28.7 Å². The molecule has 15 heteroatoms. The van der Waals surface area contributed by atoms with E-state index in [-0.39, 0.29) is 51.1 Å². The molecular weight excluding hydrogens is 572 g/mol. The number of amides is 2. The fraction of sp³-hybridized carbons (Fsp3) is 0.370. The van der Waals surface area contributed by atoms with E-state index in [2.05, 4.69) is 25.8 Å². The number of likely N-dealkylation sites (tertiary alicyclic amines) is 1. The zero-order chi connectivity index (χ0) is 30.2. The first kappa shape index (κ1) is 30.7. The molecule has 0 saturated carbocycles. The summed E-state index contributed by atoms with van der Waals surface area (Å²) in [5.74, 6) is -1.42. The van der Waals surface area contributed by atoms with E-state index in [4.69, 9.17) is 32.6 Å². The molecule has 2 amide bonds. The highest BCUT2D eigenvalue weighted by atomic mass is 35.5. The van der Waals surface area contributed by atoms with Crippen molar-refractivity contribution in [2.24, 2.45) is 10.7 Å². The lowest BCUT2D eigenvalue weighted by Gasteiger charge is -2.32. The van der Waals surface area contributed by atoms with Crippen LogP contribution in [0.5, 0.6) is 5.75 Å². The standard InChI is InChI=1S/C27H32ClF2N9O3/c1-16(40)33-10-3-11-38-12-6-18(7-13-38)39-15-20(36-26(41)22(24(31)32)25-34-8-2-9-35-25)23(37-39)19-14-17(28)4-5-21(19)42-27(29)30/h2,4-5,8-9,14-15,18,27,34H,3,6-7,10-13H2,1H3,(H3,31,32)(H,33,40)(H,36,41)/b25-22+. The number of nitrogens with two attached hydrogens (primary N) is 1. The first-order chi connectivity index (χ1) is 20.1. The molecule has 0 radical (unpaired) electrons. The number of ether oxygens (including phenoxy) is 1. The molecule has 2 aliphatic rings. The van der Waals surface area contributed by atoms with E-state index in [1.807, 2.05) is 0 Å². The van der Waals surface area contributed by atoms with Crippen LogP contribution in [-0.2, 0) is 9.59 Å². The van der Waals surface area contributed by atoms with Crippen LogP contribution in [0.25, 0.3) is 11.3 Å². The first-order valence-electron chi connectivity index (χ1n) is 13.3. The van der Waals surface area contributed by atoms with Gasteiger partial charge < -0.3 is 31.3 Å². The summed E-state index contributed by atoms with van der Waals surface area (Å²) in [5, 5.41) is 21.2. The van der Waals surface area contributed by atoms with Crippen molar-refractivity contribution < 1.29 is 23.1 Å². The number of allylic oxidation sites excluding steroid dienone is 1. The third-order valence-corrected chi connectivity index (χ3v) is 6.92. The van der Waals surface area contributed by atoms with E-state index in [0.29, 0.717) is 6.54 Å². The number of anilines is 1. The van der Waals surface area contributed by atoms with Gasteiger partial charge in [0.25, 0.3) is 5.91 Å². The van der Waals surface area contributed by atoms with Crippen LogP contribution in [0.1, 0.15) is 32.2 Å². The Balaban J connectivity index is 1.63. The fourth-order valence-electron chi connectivity index (χ4n) is 4.73. The molecule has 0 atom stereocenters. The van der Waals surface area contributed by atoms with Crippen LogP contribution in [-0.4, -0.2) is 71.3 Å². The molecular formula is C27H32ClF2N9O3. The van der Waals surface area contributed by atoms with E-state index < -0.39 is 18.4 Å². The zero-order valence-corrected chi connectivity index (χ0v) is 23.6. The topological polar surface area (TPSA) is 163 Å². The summed E-state index contributed by atoms with van der Waals surface area (Å²) in [6.07, 6.45) is 8.54. The predicted octanol–water partition coefficient (Wildman–Crippen LogP) is 3.24. The van der Waals surface area contributed by atoms with E-state index in [9.17, 15) is 18.4 Å². The van der Waals surface area contributed by atoms with Gasteiger partial charge in [0.05, 0.1) is 11.7 Å². The minimum Gasteiger partial charge on any atom is -0.434 e. The SMILES string of the molecule is CC(=O)NCCCN1CCC(n2cc(NC(=O)/C(C(=N)N)=C3/N=CC=CN3)c(-c3cc(Cl)ccc3OC(F)F)n2)CC1. The van der Waals surface area contributed by atoms with Gasteiger partial charge in [-0.3, -0.25) is 19.7 Å². The normalized spacial score (nSPS) is 16.7. The zero-order valence-electron chi connectivity index (χ0n) is 22.9. The average molecular weight is 604 g/mol. The monoisotopic (exact) mass is 603 g/mol. The van der Waals surface area contributed by atoms with E-state index in [0.717, 1.165) is 38.9 Å². The van der Waals surface area contributed by atoms with Crippen molar-refractivity contribution in [2.45, 2.75) is 38.8 Å². The minimum atomic E-state index is -3.10. The van der Waals surface area contributed by atoms with Crippen molar-refractivity contribution in [3.63, 3.8) is 0 Å². The lowest BCUT2D eigenvalue weighted by Crippen LogP contribution is -2.36. The summed E-state index contributed by atoms with van der Waals surface area (Å²) >= 11 is 6.22. The number of aliphatic imine (C=N–C) groups is 1. The van der Waals surface area contributed by atoms with Crippen LogP contribution in [0.15, 0.2) is 53.1 Å². The van der Waals surface area contributed by atoms with Crippen LogP contribution in [0, 0.1) is 5.41 Å². The van der Waals surface area contributed by atoms with Gasteiger partial charge >= 0.3 is 6.61 Å². The van der Waals surface area contributed by atoms with Crippen molar-refractivity contribution >= 4 is 41.2 Å². The second-order valence-electron chi connectivity index (χ2n) is 9.67. The average Bonchev–Trinajstić information content (AvgIpc) is 3.36. The number of rotatable bonds is 11. The maximum absolute atomic E-state index is 13.4. The van der Waals surface area contributed by atoms with Crippen LogP contribution < -0.4 is 26.4 Å². The number of carbonyl (C=O) groups is 2. The maximum atomic E-state index is 13.4. The number of alkyl halides is 2. The van der Waals surface area contributed by atoms with Gasteiger partial charge in [-0.2, -0.15) is 13.9 Å². The van der Waals surface area contributed by atoms with Gasteiger partial charge in [0.2, 0.25) is 5.91 Å². The molecule has 0 spiro atoms. The number of benzene rings is 1. The summed E-state index contributed by atoms with van der Waals surface area (Å²) in [6.45, 7) is 1.41. The fourth-order valence-corrected chi connectivity index (χ4v) is 4.91. The van der Waals surface area contributed by atoms with Crippen molar-refractivity contribution in [3.8, 4) is 17.0 Å². The van der Waals surface area contributed by atoms with Gasteiger partial charge in [-0.15, -0.1) is 0 Å². The molecule has 6 N–H and O–H groups in total. The summed E-state index contributed by atoms with van der Waals surface area (Å²) in [5.41, 5.74) is 6.01. The highest BCUT2D eigenvalue weighted by Crippen LogP contribution is 2.38. The van der Waals surface area contributed by atoms with Gasteiger partial charge in [0.15, 0.2) is 0 Å². The lowest BCUT2D eigenvalue weighted by atomic mass is 10.1. The minimum absolute atomic E-state index is 0.0416. The molecule has 12 nitrogen and oxygen atoms in total. The third-order valence-electron chi connectivity index (χ3n) is 6.69. The molecule has 42 heavy (non-hydrogen) atoms. The van der Waals surface area contributed by atoms with Crippen LogP contribution in [0.3, 0.4) is 0 Å². The number of aromatic nitrogens is 2. The van der Waals surface area contributed by atoms with Gasteiger partial charge in [-0.05, 0) is 50.1 Å². The third kappa shape index (κ3) is 7.91. The first-order valence-corrected chi connectivity index (χ1v) is 13.7. The second kappa shape index (κ2) is 14.0. The number of carbonyl (C=O) groups excluding carboxylic acids is 2. The molecule has 2 aromatic rings. The molecule has 1 aromatic heterocycles. The molecule has 0 bridgehead atoms. The Kier molecular flexibility index (Phi) is 10.3. The Morgan fingerprint density at radius 2 is 2.07 bits per heavy atom. The summed E-state index contributed by atoms with van der Waals surface area (Å²) < 4.78 is 33.0. The molecule has 1 aromatic carbocycles. The second-order valence-corrected chi connectivity index (χ2v) is 10.1. The highest BCUT2D eigenvalue weighted by Gasteiger charge is 2.27. The van der Waals surface area contributed by atoms with E-state index >= 15 is 0 Å². The quantitative estimate of drug-likeness (QED) is 0.114. The Labute approximate surface area is 246 Å². The van der Waals surface area contributed by atoms with Crippen LogP contribution in [0.4, 0.5) is 14.5 Å². The predicted molar refractivity (Wildman–Crippen MR) is 156 cm³/mol. The molecule has 224 valence electrons. The number of nitrogens with zero attached hydrogens (tertiary/aromatic N) is 4. The number of amidine groups is 1. The van der Waals surface area contributed by atoms with Crippen molar-refractivity contribution in [2.75, 3.05) is 31.5 Å². The number of nitrogens with one attached hydrogen (secondary N) is 4. The van der Waals surface area contributed by atoms with E-state index in [1.54, 1.807) is 17.0 Å². The summed E-state index contributed by atoms with van der Waals surface area (Å²) in [7, 11) is 0. The molecule has 4 rings (SSSR count). The Bertz CT molecular complexity index is 1420. The van der Waals surface area contributed by atoms with Gasteiger partial charge in [0, 0.05) is 55.8 Å². The highest BCUT2D eigenvalue weighted by molar-refractivity contribution is 6.31. The Morgan fingerprint density at radius 3 is 2.71 bits per heavy atom. The van der Waals surface area contributed by atoms with E-state index in [1.165, 1.54) is 37.5 Å². The van der Waals surface area contributed by atoms with Crippen LogP contribution >= 0.6 is 11.6 Å². The number of hydrogen-bond acceptors (Lipinski definition) is 8. The van der Waals surface area contributed by atoms with Crippen molar-refractivity contribution in [1.82, 2.24) is 25.3 Å². The smallest absolute Gasteiger partial charge is 0.387 e. The summed E-state index contributed by atoms with van der Waals surface area (Å²) in [6, 6.07) is 4.11. The van der Waals surface area contributed by atoms with Crippen molar-refractivity contribution in [3.05, 3.63) is 53.1 Å². The van der Waals surface area contributed by atoms with Crippen molar-refractivity contribution in [1.29, 1.82) is 5.41 Å². The Hall–Kier alpha value is -4.30. The number of hydrogen-bond donors (Lipinski definition) is 5. The molecule has 0 aliphatic carbocycles. The van der Waals surface area contributed by atoms with Crippen LogP contribution in [0.2, 0.25) is 5.02 Å². The lowest BCUT2D eigenvalue weighted by molar-refractivity contribution is -0.119. The van der Waals surface area contributed by atoms with Gasteiger partial charge in [-0.1, -0.05) is 11.6 Å².